The summed E-state index contributed by atoms with van der Waals surface area (Å²) in [6.07, 6.45) is -0.792. The molecule has 0 radical (unpaired) electrons. The molecule has 0 saturated carbocycles. The van der Waals surface area contributed by atoms with Gasteiger partial charge in [0.25, 0.3) is 0 Å². The molecule has 1 atom stereocenters. The van der Waals surface area contributed by atoms with Gasteiger partial charge in [0.2, 0.25) is 11.8 Å². The third-order valence-corrected chi connectivity index (χ3v) is 3.52. The molecule has 30 heavy (non-hydrogen) atoms. The average Bonchev–Trinajstić information content (AvgIpc) is 2.55. The minimum absolute atomic E-state index is 0.0169. The van der Waals surface area contributed by atoms with E-state index in [2.05, 4.69) is 10.6 Å². The van der Waals surface area contributed by atoms with E-state index < -0.39 is 35.3 Å². The third-order valence-electron chi connectivity index (χ3n) is 3.52. The Morgan fingerprint density at radius 1 is 0.933 bits per heavy atom. The zero-order chi connectivity index (χ0) is 23.5. The van der Waals surface area contributed by atoms with Crippen LogP contribution < -0.4 is 22.1 Å². The van der Waals surface area contributed by atoms with E-state index in [1.54, 1.807) is 41.5 Å². The van der Waals surface area contributed by atoms with Crippen molar-refractivity contribution in [2.24, 2.45) is 11.5 Å². The predicted octanol–water partition coefficient (Wildman–Crippen LogP) is 0.457. The Balaban J connectivity index is 5.12. The molecule has 0 heterocycles. The normalized spacial score (nSPS) is 12.5. The molecule has 174 valence electrons. The van der Waals surface area contributed by atoms with Crippen molar-refractivity contribution >= 4 is 24.0 Å². The summed E-state index contributed by atoms with van der Waals surface area (Å²) in [5.41, 5.74) is 9.29. The van der Waals surface area contributed by atoms with E-state index in [4.69, 9.17) is 20.9 Å². The second-order valence-electron chi connectivity index (χ2n) is 8.72. The maximum Gasteiger partial charge on any atom is 0.411 e. The van der Waals surface area contributed by atoms with Crippen LogP contribution in [0, 0.1) is 0 Å². The summed E-state index contributed by atoms with van der Waals surface area (Å²) in [6.45, 7) is 10.4. The lowest BCUT2D eigenvalue weighted by Gasteiger charge is -2.32. The molecular weight excluding hydrogens is 394 g/mol. The summed E-state index contributed by atoms with van der Waals surface area (Å²) < 4.78 is 10.5. The Kier molecular flexibility index (Phi) is 11.2. The van der Waals surface area contributed by atoms with Gasteiger partial charge in [0.1, 0.15) is 17.2 Å². The number of alkyl carbamates (subject to hydrolysis) is 1. The van der Waals surface area contributed by atoms with Gasteiger partial charge < -0.3 is 31.6 Å². The molecule has 0 aliphatic rings. The zero-order valence-corrected chi connectivity index (χ0v) is 18.9. The van der Waals surface area contributed by atoms with Gasteiger partial charge >= 0.3 is 12.2 Å². The Morgan fingerprint density at radius 3 is 1.97 bits per heavy atom. The maximum absolute atomic E-state index is 12.7. The van der Waals surface area contributed by atoms with Gasteiger partial charge in [0.15, 0.2) is 0 Å². The van der Waals surface area contributed by atoms with Crippen molar-refractivity contribution in [1.29, 1.82) is 0 Å². The Labute approximate surface area is 178 Å². The molecule has 11 heteroatoms. The molecule has 0 aromatic rings. The van der Waals surface area contributed by atoms with Crippen molar-refractivity contribution in [3.05, 3.63) is 0 Å². The summed E-state index contributed by atoms with van der Waals surface area (Å²) in [7, 11) is 0. The highest BCUT2D eigenvalue weighted by molar-refractivity contribution is 5.84. The molecule has 0 aliphatic carbocycles. The number of amides is 4. The van der Waals surface area contributed by atoms with Gasteiger partial charge in [-0.3, -0.25) is 14.5 Å². The topological polar surface area (TPSA) is 166 Å². The highest BCUT2D eigenvalue weighted by Gasteiger charge is 2.31. The van der Waals surface area contributed by atoms with Crippen LogP contribution >= 0.6 is 0 Å². The number of primary amides is 1. The van der Waals surface area contributed by atoms with Gasteiger partial charge in [-0.1, -0.05) is 0 Å². The van der Waals surface area contributed by atoms with E-state index in [0.29, 0.717) is 6.42 Å². The van der Waals surface area contributed by atoms with Crippen molar-refractivity contribution in [1.82, 2.24) is 15.5 Å². The molecule has 11 nitrogen and oxygen atoms in total. The number of nitrogens with one attached hydrogen (secondary N) is 2. The minimum Gasteiger partial charge on any atom is -0.444 e. The largest absolute Gasteiger partial charge is 0.444 e. The molecule has 4 amide bonds. The first-order valence-corrected chi connectivity index (χ1v) is 9.89. The second kappa shape index (κ2) is 12.2. The van der Waals surface area contributed by atoms with Gasteiger partial charge in [-0.25, -0.2) is 9.59 Å². The molecule has 0 spiro atoms. The Morgan fingerprint density at radius 2 is 1.50 bits per heavy atom. The van der Waals surface area contributed by atoms with Crippen LogP contribution in [0.2, 0.25) is 0 Å². The fourth-order valence-corrected chi connectivity index (χ4v) is 2.33. The number of hydrogen-bond acceptors (Lipinski definition) is 7. The molecular formula is C19H37N5O6. The van der Waals surface area contributed by atoms with Crippen molar-refractivity contribution in [3.8, 4) is 0 Å². The van der Waals surface area contributed by atoms with Crippen molar-refractivity contribution in [2.45, 2.75) is 71.6 Å². The number of nitrogens with two attached hydrogens (primary N) is 2. The van der Waals surface area contributed by atoms with Gasteiger partial charge in [0, 0.05) is 19.6 Å². The minimum atomic E-state index is -0.977. The number of carbonyl (C=O) groups excluding carboxylic acids is 4. The molecule has 0 fully saturated rings. The van der Waals surface area contributed by atoms with Gasteiger partial charge in [-0.2, -0.15) is 0 Å². The quantitative estimate of drug-likeness (QED) is 0.364. The summed E-state index contributed by atoms with van der Waals surface area (Å²) in [5.74, 6) is -1.04. The molecule has 0 aromatic heterocycles. The van der Waals surface area contributed by atoms with Gasteiger partial charge in [-0.15, -0.1) is 0 Å². The van der Waals surface area contributed by atoms with Crippen LogP contribution in [0.4, 0.5) is 9.59 Å². The summed E-state index contributed by atoms with van der Waals surface area (Å²) in [4.78, 5) is 48.9. The molecule has 6 N–H and O–H groups in total. The van der Waals surface area contributed by atoms with E-state index in [0.717, 1.165) is 0 Å². The molecule has 0 rings (SSSR count). The van der Waals surface area contributed by atoms with Crippen molar-refractivity contribution < 1.29 is 28.7 Å². The van der Waals surface area contributed by atoms with Crippen LogP contribution in [0.5, 0.6) is 0 Å². The highest BCUT2D eigenvalue weighted by atomic mass is 16.6. The van der Waals surface area contributed by atoms with E-state index in [1.807, 2.05) is 0 Å². The number of rotatable bonds is 10. The Bertz CT molecular complexity index is 597. The summed E-state index contributed by atoms with van der Waals surface area (Å²) >= 11 is 0. The third kappa shape index (κ3) is 12.8. The summed E-state index contributed by atoms with van der Waals surface area (Å²) in [5, 5.41) is 5.13. The fraction of sp³-hybridized carbons (Fsp3) is 0.789. The van der Waals surface area contributed by atoms with Gasteiger partial charge in [0.05, 0.1) is 6.54 Å². The van der Waals surface area contributed by atoms with E-state index in [9.17, 15) is 19.2 Å². The van der Waals surface area contributed by atoms with Crippen LogP contribution in [0.15, 0.2) is 0 Å². The molecule has 0 saturated heterocycles. The van der Waals surface area contributed by atoms with E-state index >= 15 is 0 Å². The zero-order valence-electron chi connectivity index (χ0n) is 18.9. The van der Waals surface area contributed by atoms with Crippen molar-refractivity contribution in [3.63, 3.8) is 0 Å². The number of nitrogens with zero attached hydrogens (tertiary/aromatic N) is 1. The lowest BCUT2D eigenvalue weighted by Crippen LogP contribution is -2.52. The fourth-order valence-electron chi connectivity index (χ4n) is 2.33. The van der Waals surface area contributed by atoms with E-state index in [-0.39, 0.29) is 38.5 Å². The first-order valence-electron chi connectivity index (χ1n) is 9.89. The monoisotopic (exact) mass is 431 g/mol. The van der Waals surface area contributed by atoms with Crippen LogP contribution in [-0.4, -0.2) is 72.3 Å². The maximum atomic E-state index is 12.7. The smallest absolute Gasteiger partial charge is 0.411 e. The molecule has 0 bridgehead atoms. The lowest BCUT2D eigenvalue weighted by molar-refractivity contribution is -0.123. The second-order valence-corrected chi connectivity index (χ2v) is 8.72. The predicted molar refractivity (Wildman–Crippen MR) is 111 cm³/mol. The van der Waals surface area contributed by atoms with E-state index in [1.165, 1.54) is 4.90 Å². The van der Waals surface area contributed by atoms with Crippen LogP contribution in [0.3, 0.4) is 0 Å². The van der Waals surface area contributed by atoms with Crippen molar-refractivity contribution in [2.75, 3.05) is 26.2 Å². The molecule has 0 aromatic carbocycles. The Hall–Kier alpha value is -2.56. The first kappa shape index (κ1) is 27.4. The number of ether oxygens (including phenoxy) is 2. The number of carbonyl (C=O) groups is 4. The average molecular weight is 432 g/mol. The van der Waals surface area contributed by atoms with Crippen LogP contribution in [-0.2, 0) is 19.1 Å². The molecule has 0 aliphatic heterocycles. The SMILES string of the molecule is CC(C)(C)OC(=O)NCCN(C(=O)OC(C)(C)C)[C@@H](CCCNC(=O)CN)C(N)=O. The standard InChI is InChI=1S/C19H37N5O6/c1-18(2,3)29-16(27)23-10-11-24(17(28)30-19(4,5)6)13(15(21)26)8-7-9-22-14(25)12-20/h13H,7-12,20H2,1-6H3,(H2,21,26)(H,22,25)(H,23,27)/t13-/m0/s1. The van der Waals surface area contributed by atoms with Crippen LogP contribution in [0.25, 0.3) is 0 Å². The summed E-state index contributed by atoms with van der Waals surface area (Å²) in [6, 6.07) is -0.977. The lowest BCUT2D eigenvalue weighted by atomic mass is 10.1. The van der Waals surface area contributed by atoms with Gasteiger partial charge in [-0.05, 0) is 54.4 Å². The van der Waals surface area contributed by atoms with Crippen LogP contribution in [0.1, 0.15) is 54.4 Å². The first-order chi connectivity index (χ1) is 13.7. The highest BCUT2D eigenvalue weighted by Crippen LogP contribution is 2.14. The number of hydrogen-bond donors (Lipinski definition) is 4. The molecule has 0 unspecified atom stereocenters.